The molecule has 38 heavy (non-hydrogen) atoms. The molecule has 3 aliphatic rings. The summed E-state index contributed by atoms with van der Waals surface area (Å²) in [5.74, 6) is -4.94. The molecule has 0 aromatic heterocycles. The van der Waals surface area contributed by atoms with Gasteiger partial charge in [0.05, 0.1) is 39.6 Å². The Morgan fingerprint density at radius 1 is 0.526 bits per heavy atom. The summed E-state index contributed by atoms with van der Waals surface area (Å²) >= 11 is 0. The van der Waals surface area contributed by atoms with Gasteiger partial charge in [-0.15, -0.1) is 0 Å². The van der Waals surface area contributed by atoms with E-state index in [0.29, 0.717) is 0 Å². The Bertz CT molecular complexity index is 720. The molecule has 1 aliphatic carbocycles. The predicted molar refractivity (Wildman–Crippen MR) is 105 cm³/mol. The van der Waals surface area contributed by atoms with Crippen LogP contribution in [0.2, 0.25) is 0 Å². The molecule has 0 bridgehead atoms. The molecule has 3 rings (SSSR count). The lowest BCUT2D eigenvalue weighted by molar-refractivity contribution is -0.417. The number of alkyl halides is 12. The van der Waals surface area contributed by atoms with Crippen LogP contribution in [0, 0.1) is 22.7 Å². The fourth-order valence-electron chi connectivity index (χ4n) is 5.36. The average molecular weight is 584 g/mol. The van der Waals surface area contributed by atoms with Crippen molar-refractivity contribution in [2.24, 2.45) is 22.7 Å². The van der Waals surface area contributed by atoms with E-state index in [-0.39, 0.29) is 26.4 Å². The number of halogens is 12. The zero-order chi connectivity index (χ0) is 29.1. The summed E-state index contributed by atoms with van der Waals surface area (Å²) in [4.78, 5) is 0. The van der Waals surface area contributed by atoms with Crippen molar-refractivity contribution in [3.63, 3.8) is 0 Å². The van der Waals surface area contributed by atoms with Crippen LogP contribution in [-0.2, 0) is 18.9 Å². The first kappa shape index (κ1) is 31.5. The van der Waals surface area contributed by atoms with Crippen LogP contribution in [0.4, 0.5) is 52.7 Å². The van der Waals surface area contributed by atoms with Crippen LogP contribution < -0.4 is 0 Å². The predicted octanol–water partition coefficient (Wildman–Crippen LogP) is 6.63. The van der Waals surface area contributed by atoms with Crippen molar-refractivity contribution in [2.45, 2.75) is 75.4 Å². The van der Waals surface area contributed by atoms with Crippen molar-refractivity contribution < 1.29 is 71.6 Å². The van der Waals surface area contributed by atoms with Gasteiger partial charge in [0.25, 0.3) is 11.2 Å². The molecule has 1 saturated carbocycles. The molecular formula is C22H28F12O4. The Balaban J connectivity index is 1.92. The van der Waals surface area contributed by atoms with Crippen LogP contribution in [0.25, 0.3) is 0 Å². The minimum absolute atomic E-state index is 0.174. The second kappa shape index (κ2) is 9.82. The molecule has 16 heteroatoms. The average Bonchev–Trinajstić information content (AvgIpc) is 2.68. The largest absolute Gasteiger partial charge is 0.426 e. The topological polar surface area (TPSA) is 36.9 Å². The zero-order valence-electron chi connectivity index (χ0n) is 20.4. The highest BCUT2D eigenvalue weighted by molar-refractivity contribution is 5.08. The number of hydrogen-bond acceptors (Lipinski definition) is 4. The highest BCUT2D eigenvalue weighted by Gasteiger charge is 2.79. The molecule has 2 heterocycles. The van der Waals surface area contributed by atoms with Crippen molar-refractivity contribution in [3.8, 4) is 0 Å². The molecule has 224 valence electrons. The van der Waals surface area contributed by atoms with Crippen LogP contribution in [-0.4, -0.2) is 75.5 Å². The van der Waals surface area contributed by atoms with Crippen molar-refractivity contribution in [3.05, 3.63) is 0 Å². The standard InChI is InChI=1S/C22H28F12O4/c1-15(7-35-8-15)11-37-17(19(23,24)25,20(26,27)28)13-3-5-14(6-4-13)18(21(29,30)31,22(32,33)34)38-12-16(2)9-36-10-16/h13-14H,3-12H2,1-2H3. The number of ether oxygens (including phenoxy) is 4. The summed E-state index contributed by atoms with van der Waals surface area (Å²) in [5, 5.41) is 0. The van der Waals surface area contributed by atoms with Gasteiger partial charge in [-0.2, -0.15) is 52.7 Å². The van der Waals surface area contributed by atoms with E-state index >= 15 is 0 Å². The van der Waals surface area contributed by atoms with Gasteiger partial charge < -0.3 is 18.9 Å². The van der Waals surface area contributed by atoms with Crippen LogP contribution in [0.5, 0.6) is 0 Å². The van der Waals surface area contributed by atoms with Gasteiger partial charge in [-0.3, -0.25) is 0 Å². The molecule has 0 spiro atoms. The molecule has 0 atom stereocenters. The van der Waals surface area contributed by atoms with Crippen molar-refractivity contribution in [2.75, 3.05) is 39.6 Å². The lowest BCUT2D eigenvalue weighted by atomic mass is 9.67. The second-order valence-electron chi connectivity index (χ2n) is 11.2. The Hall–Kier alpha value is -1.00. The van der Waals surface area contributed by atoms with Gasteiger partial charge in [-0.25, -0.2) is 0 Å². The molecule has 0 unspecified atom stereocenters. The van der Waals surface area contributed by atoms with E-state index in [9.17, 15) is 52.7 Å². The minimum Gasteiger partial charge on any atom is -0.380 e. The number of hydrogen-bond donors (Lipinski definition) is 0. The summed E-state index contributed by atoms with van der Waals surface area (Å²) < 4.78 is 188. The molecule has 4 nitrogen and oxygen atoms in total. The second-order valence-corrected chi connectivity index (χ2v) is 11.2. The highest BCUT2D eigenvalue weighted by atomic mass is 19.4. The van der Waals surface area contributed by atoms with E-state index in [1.807, 2.05) is 0 Å². The normalized spacial score (nSPS) is 27.0. The van der Waals surface area contributed by atoms with E-state index in [0.717, 1.165) is 0 Å². The monoisotopic (exact) mass is 584 g/mol. The van der Waals surface area contributed by atoms with Gasteiger partial charge in [0.1, 0.15) is 0 Å². The first-order chi connectivity index (χ1) is 17.0. The third-order valence-electron chi connectivity index (χ3n) is 7.66. The van der Waals surface area contributed by atoms with Crippen molar-refractivity contribution in [1.82, 2.24) is 0 Å². The Kier molecular flexibility index (Phi) is 8.15. The molecule has 0 amide bonds. The molecule has 2 saturated heterocycles. The van der Waals surface area contributed by atoms with Crippen LogP contribution in [0.1, 0.15) is 39.5 Å². The smallest absolute Gasteiger partial charge is 0.380 e. The molecule has 0 N–H and O–H groups in total. The van der Waals surface area contributed by atoms with Gasteiger partial charge >= 0.3 is 24.7 Å². The summed E-state index contributed by atoms with van der Waals surface area (Å²) in [6.45, 7) is -0.0819. The van der Waals surface area contributed by atoms with Gasteiger partial charge in [0, 0.05) is 22.7 Å². The van der Waals surface area contributed by atoms with Crippen LogP contribution >= 0.6 is 0 Å². The summed E-state index contributed by atoms with van der Waals surface area (Å²) in [6.07, 6.45) is -29.2. The Morgan fingerprint density at radius 3 is 0.921 bits per heavy atom. The van der Waals surface area contributed by atoms with Crippen LogP contribution in [0.3, 0.4) is 0 Å². The first-order valence-corrected chi connectivity index (χ1v) is 11.7. The third-order valence-corrected chi connectivity index (χ3v) is 7.66. The molecule has 0 aromatic carbocycles. The minimum atomic E-state index is -6.05. The Labute approximate surface area is 210 Å². The molecular weight excluding hydrogens is 556 g/mol. The van der Waals surface area contributed by atoms with Gasteiger partial charge in [0.15, 0.2) is 0 Å². The first-order valence-electron chi connectivity index (χ1n) is 11.7. The van der Waals surface area contributed by atoms with Gasteiger partial charge in [-0.05, 0) is 25.7 Å². The molecule has 2 aliphatic heterocycles. The van der Waals surface area contributed by atoms with Crippen LogP contribution in [0.15, 0.2) is 0 Å². The molecule has 3 fully saturated rings. The van der Waals surface area contributed by atoms with Gasteiger partial charge in [0.2, 0.25) is 0 Å². The quantitative estimate of drug-likeness (QED) is 0.301. The maximum atomic E-state index is 14.1. The summed E-state index contributed by atoms with van der Waals surface area (Å²) in [6, 6.07) is 0. The zero-order valence-corrected chi connectivity index (χ0v) is 20.4. The molecule has 0 aromatic rings. The number of rotatable bonds is 8. The fraction of sp³-hybridized carbons (Fsp3) is 1.00. The lowest BCUT2D eigenvalue weighted by Gasteiger charge is -2.51. The fourth-order valence-corrected chi connectivity index (χ4v) is 5.36. The molecule has 0 radical (unpaired) electrons. The van der Waals surface area contributed by atoms with E-state index in [1.54, 1.807) is 0 Å². The maximum absolute atomic E-state index is 14.1. The van der Waals surface area contributed by atoms with E-state index in [2.05, 4.69) is 9.47 Å². The van der Waals surface area contributed by atoms with Crippen molar-refractivity contribution in [1.29, 1.82) is 0 Å². The van der Waals surface area contributed by atoms with Gasteiger partial charge in [-0.1, -0.05) is 13.8 Å². The highest BCUT2D eigenvalue weighted by Crippen LogP contribution is 2.59. The third kappa shape index (κ3) is 5.35. The summed E-state index contributed by atoms with van der Waals surface area (Å²) in [7, 11) is 0. The lowest BCUT2D eigenvalue weighted by Crippen LogP contribution is -2.67. The van der Waals surface area contributed by atoms with E-state index in [4.69, 9.17) is 9.47 Å². The van der Waals surface area contributed by atoms with Crippen molar-refractivity contribution >= 4 is 0 Å². The maximum Gasteiger partial charge on any atom is 0.426 e. The SMILES string of the molecule is CC1(COC(C2CCC(C(OCC3(C)COC3)(C(F)(F)F)C(F)(F)F)CC2)(C(F)(F)F)C(F)(F)F)COC1. The Morgan fingerprint density at radius 2 is 0.763 bits per heavy atom. The van der Waals surface area contributed by atoms with E-state index in [1.165, 1.54) is 13.8 Å². The van der Waals surface area contributed by atoms with E-state index < -0.39 is 97.5 Å². The summed E-state index contributed by atoms with van der Waals surface area (Å²) in [5.41, 5.74) is -11.9.